The molecule has 1 N–H and O–H groups in total. The number of urea groups is 1. The molecular weight excluding hydrogens is 386 g/mol. The summed E-state index contributed by atoms with van der Waals surface area (Å²) in [6.07, 6.45) is -3.63. The fraction of sp³-hybridized carbons (Fsp3) is 0.381. The van der Waals surface area contributed by atoms with Crippen LogP contribution in [0, 0.1) is 5.82 Å². The Morgan fingerprint density at radius 1 is 1.10 bits per heavy atom. The number of carbonyl (C=O) groups excluding carboxylic acids is 1. The molecule has 3 unspecified atom stereocenters. The second kappa shape index (κ2) is 7.33. The molecule has 2 aliphatic rings. The number of benzene rings is 2. The third-order valence-electron chi connectivity index (χ3n) is 5.83. The smallest absolute Gasteiger partial charge is 0.319 e. The van der Waals surface area contributed by atoms with Crippen molar-refractivity contribution in [1.29, 1.82) is 0 Å². The van der Waals surface area contributed by atoms with E-state index in [1.807, 2.05) is 0 Å². The monoisotopic (exact) mass is 407 g/mol. The van der Waals surface area contributed by atoms with Gasteiger partial charge in [-0.25, -0.2) is 9.18 Å². The minimum atomic E-state index is -4.45. The number of anilines is 1. The number of alkyl halides is 3. The topological polar surface area (TPSA) is 35.6 Å². The average Bonchev–Trinajstić information content (AvgIpc) is 3.28. The third-order valence-corrected chi connectivity index (χ3v) is 5.83. The van der Waals surface area contributed by atoms with Crippen molar-refractivity contribution in [3.63, 3.8) is 0 Å². The van der Waals surface area contributed by atoms with Crippen LogP contribution in [0.1, 0.15) is 30.5 Å². The van der Waals surface area contributed by atoms with E-state index < -0.39 is 11.7 Å². The Balaban J connectivity index is 1.40. The summed E-state index contributed by atoms with van der Waals surface area (Å²) < 4.78 is 51.7. The van der Waals surface area contributed by atoms with Gasteiger partial charge >= 0.3 is 12.2 Å². The van der Waals surface area contributed by atoms with Gasteiger partial charge in [-0.05, 0) is 49.2 Å². The molecule has 2 fully saturated rings. The second-order valence-electron chi connectivity index (χ2n) is 7.63. The van der Waals surface area contributed by atoms with Crippen LogP contribution in [0.4, 0.5) is 28.0 Å². The van der Waals surface area contributed by atoms with Gasteiger partial charge in [-0.2, -0.15) is 13.2 Å². The zero-order valence-corrected chi connectivity index (χ0v) is 15.8. The molecule has 0 saturated carbocycles. The number of halogens is 4. The molecule has 4 rings (SSSR count). The first kappa shape index (κ1) is 19.7. The summed E-state index contributed by atoms with van der Waals surface area (Å²) in [6.45, 7) is 3.25. The highest BCUT2D eigenvalue weighted by molar-refractivity contribution is 5.90. The number of nitrogens with one attached hydrogen (secondary N) is 1. The molecule has 2 saturated heterocycles. The molecule has 2 bridgehead atoms. The van der Waals surface area contributed by atoms with Crippen LogP contribution in [0.5, 0.6) is 0 Å². The van der Waals surface area contributed by atoms with Crippen LogP contribution < -0.4 is 5.32 Å². The van der Waals surface area contributed by atoms with Crippen molar-refractivity contribution in [3.05, 3.63) is 65.5 Å². The first-order valence-corrected chi connectivity index (χ1v) is 9.48. The number of fused-ring (bicyclic) bond motifs is 2. The van der Waals surface area contributed by atoms with Gasteiger partial charge in [-0.3, -0.25) is 4.90 Å². The summed E-state index contributed by atoms with van der Waals surface area (Å²) in [5.41, 5.74) is 0.348. The van der Waals surface area contributed by atoms with Gasteiger partial charge in [0.05, 0.1) is 5.56 Å². The van der Waals surface area contributed by atoms with Crippen LogP contribution in [-0.4, -0.2) is 41.0 Å². The van der Waals surface area contributed by atoms with Crippen molar-refractivity contribution < 1.29 is 22.4 Å². The van der Waals surface area contributed by atoms with E-state index in [-0.39, 0.29) is 35.7 Å². The van der Waals surface area contributed by atoms with E-state index in [0.717, 1.165) is 24.1 Å². The molecule has 154 valence electrons. The number of piperazine rings is 1. The Kier molecular flexibility index (Phi) is 4.98. The quantitative estimate of drug-likeness (QED) is 0.735. The van der Waals surface area contributed by atoms with E-state index in [9.17, 15) is 22.4 Å². The van der Waals surface area contributed by atoms with Crippen LogP contribution in [0.25, 0.3) is 0 Å². The summed E-state index contributed by atoms with van der Waals surface area (Å²) in [7, 11) is 0. The normalized spacial score (nSPS) is 22.7. The zero-order chi connectivity index (χ0) is 20.8. The van der Waals surface area contributed by atoms with Gasteiger partial charge < -0.3 is 10.2 Å². The van der Waals surface area contributed by atoms with Crippen molar-refractivity contribution in [2.24, 2.45) is 0 Å². The number of hydrogen-bond donors (Lipinski definition) is 1. The Labute approximate surface area is 166 Å². The van der Waals surface area contributed by atoms with E-state index in [1.165, 1.54) is 24.3 Å². The van der Waals surface area contributed by atoms with Gasteiger partial charge in [0.25, 0.3) is 0 Å². The molecule has 0 aliphatic carbocycles. The van der Waals surface area contributed by atoms with E-state index in [2.05, 4.69) is 17.1 Å². The van der Waals surface area contributed by atoms with Crippen molar-refractivity contribution >= 4 is 11.7 Å². The molecule has 2 aromatic rings. The first-order valence-electron chi connectivity index (χ1n) is 9.48. The van der Waals surface area contributed by atoms with Gasteiger partial charge in [0.15, 0.2) is 0 Å². The Morgan fingerprint density at radius 2 is 1.83 bits per heavy atom. The number of likely N-dealkylation sites (tertiary alicyclic amines) is 2. The minimum Gasteiger partial charge on any atom is -0.319 e. The van der Waals surface area contributed by atoms with E-state index >= 15 is 0 Å². The van der Waals surface area contributed by atoms with Gasteiger partial charge in [-0.1, -0.05) is 18.2 Å². The fourth-order valence-electron chi connectivity index (χ4n) is 4.32. The SMILES string of the molecule is CC(c1ccc(F)cc1)N1CC2CC1CN2C(=O)Nc1cccc(C(F)(F)F)c1. The summed E-state index contributed by atoms with van der Waals surface area (Å²) >= 11 is 0. The lowest BCUT2D eigenvalue weighted by molar-refractivity contribution is -0.137. The van der Waals surface area contributed by atoms with E-state index in [0.29, 0.717) is 13.1 Å². The van der Waals surface area contributed by atoms with Crippen LogP contribution in [0.3, 0.4) is 0 Å². The maximum absolute atomic E-state index is 13.2. The molecule has 29 heavy (non-hydrogen) atoms. The molecule has 4 nitrogen and oxygen atoms in total. The van der Waals surface area contributed by atoms with Crippen LogP contribution >= 0.6 is 0 Å². The predicted octanol–water partition coefficient (Wildman–Crippen LogP) is 4.90. The van der Waals surface area contributed by atoms with Crippen molar-refractivity contribution in [1.82, 2.24) is 9.80 Å². The molecule has 2 amide bonds. The number of amides is 2. The standard InChI is InChI=1S/C21H21F4N3O/c1-13(14-5-7-16(22)8-6-14)27-11-19-10-18(27)12-28(19)20(29)26-17-4-2-3-15(9-17)21(23,24)25/h2-9,13,18-19H,10-12H2,1H3,(H,26,29). The molecule has 2 heterocycles. The Bertz CT molecular complexity index is 900. The van der Waals surface area contributed by atoms with E-state index in [4.69, 9.17) is 0 Å². The summed E-state index contributed by atoms with van der Waals surface area (Å²) in [4.78, 5) is 16.6. The molecule has 2 aromatic carbocycles. The third kappa shape index (κ3) is 3.94. The number of rotatable bonds is 3. The maximum atomic E-state index is 13.2. The van der Waals surface area contributed by atoms with Gasteiger partial charge in [0.1, 0.15) is 5.82 Å². The molecule has 0 spiro atoms. The van der Waals surface area contributed by atoms with E-state index in [1.54, 1.807) is 17.0 Å². The van der Waals surface area contributed by atoms with Crippen LogP contribution in [-0.2, 0) is 6.18 Å². The Morgan fingerprint density at radius 3 is 2.45 bits per heavy atom. The van der Waals surface area contributed by atoms with Gasteiger partial charge in [0, 0.05) is 36.9 Å². The summed E-state index contributed by atoms with van der Waals surface area (Å²) in [5, 5.41) is 2.59. The molecular formula is C21H21F4N3O. The van der Waals surface area contributed by atoms with Gasteiger partial charge in [-0.15, -0.1) is 0 Å². The van der Waals surface area contributed by atoms with Gasteiger partial charge in [0.2, 0.25) is 0 Å². The highest BCUT2D eigenvalue weighted by Gasteiger charge is 2.46. The summed E-state index contributed by atoms with van der Waals surface area (Å²) in [6, 6.07) is 11.0. The largest absolute Gasteiger partial charge is 0.416 e. The van der Waals surface area contributed by atoms with Crippen molar-refractivity contribution in [3.8, 4) is 0 Å². The lowest BCUT2D eigenvalue weighted by Gasteiger charge is -2.37. The highest BCUT2D eigenvalue weighted by atomic mass is 19.4. The lowest BCUT2D eigenvalue weighted by atomic mass is 10.1. The molecule has 0 aromatic heterocycles. The van der Waals surface area contributed by atoms with Crippen molar-refractivity contribution in [2.45, 2.75) is 37.6 Å². The van der Waals surface area contributed by atoms with Crippen LogP contribution in [0.15, 0.2) is 48.5 Å². The Hall–Kier alpha value is -2.61. The molecule has 8 heteroatoms. The van der Waals surface area contributed by atoms with Crippen LogP contribution in [0.2, 0.25) is 0 Å². The fourth-order valence-corrected chi connectivity index (χ4v) is 4.32. The summed E-state index contributed by atoms with van der Waals surface area (Å²) in [5.74, 6) is -0.277. The number of hydrogen-bond acceptors (Lipinski definition) is 2. The minimum absolute atomic E-state index is 0.00805. The average molecular weight is 407 g/mol. The molecule has 3 atom stereocenters. The molecule has 2 aliphatic heterocycles. The predicted molar refractivity (Wildman–Crippen MR) is 101 cm³/mol. The van der Waals surface area contributed by atoms with Crippen molar-refractivity contribution in [2.75, 3.05) is 18.4 Å². The maximum Gasteiger partial charge on any atom is 0.416 e. The first-order chi connectivity index (χ1) is 13.7. The zero-order valence-electron chi connectivity index (χ0n) is 15.8. The highest BCUT2D eigenvalue weighted by Crippen LogP contribution is 2.37. The molecule has 0 radical (unpaired) electrons. The number of nitrogens with zero attached hydrogens (tertiary/aromatic N) is 2. The lowest BCUT2D eigenvalue weighted by Crippen LogP contribution is -2.50. The number of carbonyl (C=O) groups is 1. The second-order valence-corrected chi connectivity index (χ2v) is 7.63.